The minimum Gasteiger partial charge on any atom is -0.267 e. The van der Waals surface area contributed by atoms with Crippen molar-refractivity contribution in [3.8, 4) is 0 Å². The monoisotopic (exact) mass is 499 g/mol. The third-order valence-corrected chi connectivity index (χ3v) is 6.19. The lowest BCUT2D eigenvalue weighted by Crippen LogP contribution is -2.43. The number of alkyl halides is 1. The molecule has 33 heavy (non-hydrogen) atoms. The third-order valence-electron chi connectivity index (χ3n) is 5.58. The van der Waals surface area contributed by atoms with E-state index in [2.05, 4.69) is 20.9 Å². The van der Waals surface area contributed by atoms with Gasteiger partial charge in [0.15, 0.2) is 0 Å². The maximum atomic E-state index is 13.7. The number of fused-ring (bicyclic) bond motifs is 2. The number of aromatic nitrogens is 3. The first-order valence-corrected chi connectivity index (χ1v) is 11.5. The molecular formula is C26H18BrN3O3. The molecule has 7 heteroatoms. The molecule has 0 bridgehead atoms. The number of para-hydroxylation sites is 1. The fourth-order valence-corrected chi connectivity index (χ4v) is 4.43. The van der Waals surface area contributed by atoms with E-state index in [0.29, 0.717) is 16.4 Å². The lowest BCUT2D eigenvalue weighted by molar-refractivity contribution is 0.0919. The maximum absolute atomic E-state index is 13.7. The van der Waals surface area contributed by atoms with Gasteiger partial charge in [-0.25, -0.2) is 9.67 Å². The van der Waals surface area contributed by atoms with Gasteiger partial charge in [-0.05, 0) is 29.3 Å². The molecule has 0 aliphatic rings. The van der Waals surface area contributed by atoms with Crippen LogP contribution in [0.2, 0.25) is 0 Å². The molecule has 0 aliphatic carbocycles. The van der Waals surface area contributed by atoms with Crippen molar-refractivity contribution < 1.29 is 4.79 Å². The van der Waals surface area contributed by atoms with E-state index in [9.17, 15) is 14.4 Å². The third kappa shape index (κ3) is 3.70. The summed E-state index contributed by atoms with van der Waals surface area (Å²) < 4.78 is 2.14. The van der Waals surface area contributed by atoms with E-state index in [4.69, 9.17) is 0 Å². The number of carbonyl (C=O) groups is 1. The molecule has 5 rings (SSSR count). The van der Waals surface area contributed by atoms with Gasteiger partial charge in [-0.15, -0.1) is 0 Å². The van der Waals surface area contributed by atoms with Gasteiger partial charge in [0.05, 0.1) is 17.4 Å². The minimum absolute atomic E-state index is 0.0486. The summed E-state index contributed by atoms with van der Waals surface area (Å²) in [5.74, 6) is -0.557. The Labute approximate surface area is 196 Å². The molecule has 0 amide bonds. The highest BCUT2D eigenvalue weighted by Gasteiger charge is 2.22. The largest absolute Gasteiger partial charge is 0.292 e. The summed E-state index contributed by atoms with van der Waals surface area (Å²) in [6.07, 6.45) is 0. The van der Waals surface area contributed by atoms with Crippen LogP contribution in [0.15, 0.2) is 94.5 Å². The van der Waals surface area contributed by atoms with Gasteiger partial charge in [0.1, 0.15) is 5.52 Å². The van der Waals surface area contributed by atoms with E-state index in [1.807, 2.05) is 60.7 Å². The highest BCUT2D eigenvalue weighted by molar-refractivity contribution is 9.08. The van der Waals surface area contributed by atoms with Crippen molar-refractivity contribution in [1.82, 2.24) is 14.3 Å². The molecule has 0 atom stereocenters. The average molecular weight is 500 g/mol. The summed E-state index contributed by atoms with van der Waals surface area (Å²) >= 11 is 3.40. The molecule has 6 nitrogen and oxygen atoms in total. The Kier molecular flexibility index (Phi) is 5.48. The molecule has 2 aromatic heterocycles. The van der Waals surface area contributed by atoms with Gasteiger partial charge in [-0.3, -0.25) is 14.4 Å². The molecule has 0 radical (unpaired) electrons. The van der Waals surface area contributed by atoms with Gasteiger partial charge < -0.3 is 0 Å². The number of pyridine rings is 1. The van der Waals surface area contributed by atoms with Crippen LogP contribution >= 0.6 is 15.9 Å². The maximum Gasteiger partial charge on any atom is 0.292 e. The summed E-state index contributed by atoms with van der Waals surface area (Å²) in [5, 5.41) is 1.28. The lowest BCUT2D eigenvalue weighted by Gasteiger charge is -2.17. The molecule has 0 fully saturated rings. The highest BCUT2D eigenvalue weighted by Crippen LogP contribution is 2.17. The smallest absolute Gasteiger partial charge is 0.267 e. The molecule has 0 N–H and O–H groups in total. The Morgan fingerprint density at radius 1 is 0.848 bits per heavy atom. The summed E-state index contributed by atoms with van der Waals surface area (Å²) in [6, 6.07) is 25.2. The van der Waals surface area contributed by atoms with Crippen LogP contribution < -0.4 is 11.1 Å². The first-order chi connectivity index (χ1) is 16.1. The van der Waals surface area contributed by atoms with Crippen molar-refractivity contribution in [1.29, 1.82) is 0 Å². The van der Waals surface area contributed by atoms with Crippen LogP contribution in [0.5, 0.6) is 0 Å². The van der Waals surface area contributed by atoms with Crippen LogP contribution in [0.3, 0.4) is 0 Å². The minimum atomic E-state index is -0.576. The van der Waals surface area contributed by atoms with E-state index in [1.54, 1.807) is 24.3 Å². The number of hydrogen-bond acceptors (Lipinski definition) is 4. The molecule has 0 unspecified atom stereocenters. The second-order valence-corrected chi connectivity index (χ2v) is 8.20. The predicted molar refractivity (Wildman–Crippen MR) is 132 cm³/mol. The zero-order valence-corrected chi connectivity index (χ0v) is 19.0. The molecule has 0 spiro atoms. The zero-order chi connectivity index (χ0) is 22.9. The normalized spacial score (nSPS) is 11.2. The highest BCUT2D eigenvalue weighted by atomic mass is 79.9. The number of rotatable bonds is 4. The van der Waals surface area contributed by atoms with Crippen LogP contribution in [-0.4, -0.2) is 20.3 Å². The second-order valence-electron chi connectivity index (χ2n) is 7.64. The molecule has 162 valence electrons. The molecule has 0 saturated heterocycles. The van der Waals surface area contributed by atoms with Gasteiger partial charge in [0.2, 0.25) is 0 Å². The van der Waals surface area contributed by atoms with E-state index in [1.165, 1.54) is 4.68 Å². The Morgan fingerprint density at radius 2 is 1.55 bits per heavy atom. The number of halogens is 1. The van der Waals surface area contributed by atoms with Crippen molar-refractivity contribution in [3.63, 3.8) is 0 Å². The van der Waals surface area contributed by atoms with Crippen molar-refractivity contribution >= 4 is 43.6 Å². The first-order valence-electron chi connectivity index (χ1n) is 10.4. The van der Waals surface area contributed by atoms with E-state index in [0.717, 1.165) is 21.2 Å². The number of carbonyl (C=O) groups excluding carboxylic acids is 1. The Balaban J connectivity index is 1.85. The number of hydrogen-bond donors (Lipinski definition) is 0. The molecule has 2 heterocycles. The van der Waals surface area contributed by atoms with Crippen molar-refractivity contribution in [3.05, 3.63) is 122 Å². The SMILES string of the molecule is O=C(c1ccccc1CBr)n1c(=O)c2cc3ccccc3nc2c(=O)n1Cc1ccccc1. The zero-order valence-electron chi connectivity index (χ0n) is 17.4. The van der Waals surface area contributed by atoms with Crippen LogP contribution in [0, 0.1) is 0 Å². The van der Waals surface area contributed by atoms with Gasteiger partial charge >= 0.3 is 0 Å². The van der Waals surface area contributed by atoms with E-state index in [-0.39, 0.29) is 17.4 Å². The summed E-state index contributed by atoms with van der Waals surface area (Å²) in [5.41, 5.74) is 1.45. The summed E-state index contributed by atoms with van der Waals surface area (Å²) in [6.45, 7) is 0.0571. The van der Waals surface area contributed by atoms with Crippen LogP contribution in [0.4, 0.5) is 0 Å². The number of nitrogens with zero attached hydrogens (tertiary/aromatic N) is 3. The first kappa shape index (κ1) is 21.0. The second kappa shape index (κ2) is 8.60. The van der Waals surface area contributed by atoms with Gasteiger partial charge in [-0.1, -0.05) is 82.7 Å². The van der Waals surface area contributed by atoms with E-state index >= 15 is 0 Å². The molecule has 5 aromatic rings. The van der Waals surface area contributed by atoms with E-state index < -0.39 is 17.0 Å². The van der Waals surface area contributed by atoms with Crippen LogP contribution in [0.25, 0.3) is 21.8 Å². The Morgan fingerprint density at radius 3 is 2.33 bits per heavy atom. The van der Waals surface area contributed by atoms with Crippen molar-refractivity contribution in [2.75, 3.05) is 0 Å². The van der Waals surface area contributed by atoms with Gasteiger partial charge in [0.25, 0.3) is 17.0 Å². The quantitative estimate of drug-likeness (QED) is 0.272. The fraction of sp³-hybridized carbons (Fsp3) is 0.0769. The fourth-order valence-electron chi connectivity index (χ4n) is 3.94. The summed E-state index contributed by atoms with van der Waals surface area (Å²) in [7, 11) is 0. The Hall–Kier alpha value is -3.84. The summed E-state index contributed by atoms with van der Waals surface area (Å²) in [4.78, 5) is 45.5. The topological polar surface area (TPSA) is 74.0 Å². The average Bonchev–Trinajstić information content (AvgIpc) is 2.86. The molecule has 0 saturated carbocycles. The van der Waals surface area contributed by atoms with Gasteiger partial charge in [-0.2, -0.15) is 4.68 Å². The van der Waals surface area contributed by atoms with Gasteiger partial charge in [0, 0.05) is 16.3 Å². The van der Waals surface area contributed by atoms with Crippen LogP contribution in [0.1, 0.15) is 21.5 Å². The Bertz CT molecular complexity index is 1640. The standard InChI is InChI=1S/C26H18BrN3O3/c27-15-19-11-4-6-12-20(19)24(31)30-25(32)21-14-18-10-5-7-13-22(18)28-23(21)26(33)29(30)16-17-8-2-1-3-9-17/h1-14H,15-16H2. The van der Waals surface area contributed by atoms with Crippen LogP contribution in [-0.2, 0) is 11.9 Å². The molecule has 0 aliphatic heterocycles. The molecule has 3 aromatic carbocycles. The number of benzene rings is 3. The predicted octanol–water partition coefficient (Wildman–Crippen LogP) is 4.34. The molecular weight excluding hydrogens is 482 g/mol. The van der Waals surface area contributed by atoms with Crippen molar-refractivity contribution in [2.45, 2.75) is 11.9 Å². The lowest BCUT2D eigenvalue weighted by atomic mass is 10.1. The van der Waals surface area contributed by atoms with Crippen molar-refractivity contribution in [2.24, 2.45) is 0 Å².